The molecule has 2 nitrogen and oxygen atoms in total. The van der Waals surface area contributed by atoms with Crippen LogP contribution in [0.15, 0.2) is 12.1 Å². The van der Waals surface area contributed by atoms with Crippen LogP contribution in [0.5, 0.6) is 0 Å². The number of pyridine rings is 1. The van der Waals surface area contributed by atoms with Crippen molar-refractivity contribution in [3.63, 3.8) is 0 Å². The van der Waals surface area contributed by atoms with Gasteiger partial charge in [-0.2, -0.15) is 0 Å². The van der Waals surface area contributed by atoms with E-state index in [9.17, 15) is 4.79 Å². The van der Waals surface area contributed by atoms with E-state index in [1.807, 2.05) is 6.07 Å². The second-order valence-corrected chi connectivity index (χ2v) is 5.16. The van der Waals surface area contributed by atoms with Crippen LogP contribution in [0.2, 0.25) is 0 Å². The van der Waals surface area contributed by atoms with Crippen molar-refractivity contribution in [1.82, 2.24) is 4.98 Å². The number of fused-ring (bicyclic) bond motifs is 1. The summed E-state index contributed by atoms with van der Waals surface area (Å²) in [6.07, 6.45) is 3.27. The first kappa shape index (κ1) is 11.3. The van der Waals surface area contributed by atoms with Crippen LogP contribution in [-0.2, 0) is 0 Å². The molecule has 86 valence electrons. The highest BCUT2D eigenvalue weighted by molar-refractivity contribution is 5.71. The molecule has 0 radical (unpaired) electrons. The Balaban J connectivity index is 2.48. The van der Waals surface area contributed by atoms with Gasteiger partial charge in [-0.15, -0.1) is 0 Å². The summed E-state index contributed by atoms with van der Waals surface area (Å²) in [6, 6.07) is 3.93. The van der Waals surface area contributed by atoms with Gasteiger partial charge in [0.1, 0.15) is 5.69 Å². The van der Waals surface area contributed by atoms with Crippen molar-refractivity contribution < 1.29 is 4.79 Å². The zero-order chi connectivity index (χ0) is 11.7. The minimum Gasteiger partial charge on any atom is -0.296 e. The molecule has 1 unspecified atom stereocenters. The highest BCUT2D eigenvalue weighted by Gasteiger charge is 2.28. The van der Waals surface area contributed by atoms with Crippen molar-refractivity contribution in [2.75, 3.05) is 0 Å². The zero-order valence-corrected chi connectivity index (χ0v) is 10.2. The lowest BCUT2D eigenvalue weighted by molar-refractivity contribution is 0.111. The smallest absolute Gasteiger partial charge is 0.168 e. The van der Waals surface area contributed by atoms with Gasteiger partial charge in [-0.05, 0) is 36.3 Å². The molecule has 0 amide bonds. The normalized spacial score (nSPS) is 24.2. The van der Waals surface area contributed by atoms with Gasteiger partial charge in [0.25, 0.3) is 0 Å². The second kappa shape index (κ2) is 4.36. The number of carbonyl (C=O) groups excluding carboxylic acids is 1. The number of carbonyl (C=O) groups is 1. The second-order valence-electron chi connectivity index (χ2n) is 5.16. The van der Waals surface area contributed by atoms with Crippen molar-refractivity contribution in [2.45, 2.75) is 45.4 Å². The van der Waals surface area contributed by atoms with Crippen LogP contribution in [-0.4, -0.2) is 11.3 Å². The van der Waals surface area contributed by atoms with Crippen LogP contribution in [0.1, 0.15) is 67.2 Å². The van der Waals surface area contributed by atoms with Gasteiger partial charge >= 0.3 is 0 Å². The SMILES string of the molecule is CC(C)C1CC[C@@H](C)c2ccc(C=O)nc21. The standard InChI is InChI=1S/C14H19NO/c1-9(2)12-6-4-10(3)13-7-5-11(8-16)15-14(12)13/h5,7-10,12H,4,6H2,1-3H3/t10-,12?/m1/s1. The number of hydrogen-bond acceptors (Lipinski definition) is 2. The minimum atomic E-state index is 0.520. The molecule has 2 heteroatoms. The first-order chi connectivity index (χ1) is 7.63. The van der Waals surface area contributed by atoms with Crippen LogP contribution >= 0.6 is 0 Å². The van der Waals surface area contributed by atoms with Crippen LogP contribution in [0, 0.1) is 5.92 Å². The van der Waals surface area contributed by atoms with Crippen molar-refractivity contribution in [3.8, 4) is 0 Å². The van der Waals surface area contributed by atoms with E-state index in [2.05, 4.69) is 31.8 Å². The summed E-state index contributed by atoms with van der Waals surface area (Å²) in [5.41, 5.74) is 3.08. The molecule has 0 N–H and O–H groups in total. The molecule has 1 aromatic rings. The van der Waals surface area contributed by atoms with Gasteiger partial charge in [-0.25, -0.2) is 4.98 Å². The van der Waals surface area contributed by atoms with Gasteiger partial charge in [0.2, 0.25) is 0 Å². The van der Waals surface area contributed by atoms with Gasteiger partial charge in [0, 0.05) is 11.6 Å². The fraction of sp³-hybridized carbons (Fsp3) is 0.571. The lowest BCUT2D eigenvalue weighted by Gasteiger charge is -2.31. The molecule has 0 saturated carbocycles. The first-order valence-electron chi connectivity index (χ1n) is 6.09. The molecule has 0 saturated heterocycles. The van der Waals surface area contributed by atoms with Crippen molar-refractivity contribution in [3.05, 3.63) is 29.1 Å². The summed E-state index contributed by atoms with van der Waals surface area (Å²) in [4.78, 5) is 15.3. The van der Waals surface area contributed by atoms with Crippen molar-refractivity contribution >= 4 is 6.29 Å². The van der Waals surface area contributed by atoms with E-state index in [4.69, 9.17) is 0 Å². The maximum atomic E-state index is 10.8. The highest BCUT2D eigenvalue weighted by atomic mass is 16.1. The topological polar surface area (TPSA) is 30.0 Å². The zero-order valence-electron chi connectivity index (χ0n) is 10.2. The molecule has 0 aliphatic heterocycles. The van der Waals surface area contributed by atoms with E-state index in [1.54, 1.807) is 0 Å². The van der Waals surface area contributed by atoms with Crippen LogP contribution in [0.25, 0.3) is 0 Å². The molecule has 0 aromatic carbocycles. The maximum Gasteiger partial charge on any atom is 0.168 e. The summed E-state index contributed by atoms with van der Waals surface area (Å²) in [7, 11) is 0. The molecule has 16 heavy (non-hydrogen) atoms. The predicted molar refractivity (Wildman–Crippen MR) is 64.9 cm³/mol. The first-order valence-corrected chi connectivity index (χ1v) is 6.09. The Morgan fingerprint density at radius 1 is 1.38 bits per heavy atom. The average molecular weight is 217 g/mol. The number of rotatable bonds is 2. The van der Waals surface area contributed by atoms with E-state index in [0.29, 0.717) is 23.4 Å². The van der Waals surface area contributed by atoms with Crippen LogP contribution < -0.4 is 0 Å². The minimum absolute atomic E-state index is 0.520. The van der Waals surface area contributed by atoms with Crippen molar-refractivity contribution in [1.29, 1.82) is 0 Å². The summed E-state index contributed by atoms with van der Waals surface area (Å²) >= 11 is 0. The van der Waals surface area contributed by atoms with Gasteiger partial charge in [-0.3, -0.25) is 4.79 Å². The molecule has 1 aliphatic rings. The third-order valence-electron chi connectivity index (χ3n) is 3.70. The van der Waals surface area contributed by atoms with Gasteiger partial charge in [0.05, 0.1) is 0 Å². The molecule has 0 spiro atoms. The molecule has 1 aliphatic carbocycles. The molecular weight excluding hydrogens is 198 g/mol. The Morgan fingerprint density at radius 2 is 2.12 bits per heavy atom. The monoisotopic (exact) mass is 217 g/mol. The number of nitrogens with zero attached hydrogens (tertiary/aromatic N) is 1. The largest absolute Gasteiger partial charge is 0.296 e. The summed E-state index contributed by atoms with van der Waals surface area (Å²) in [5.74, 6) is 1.70. The van der Waals surface area contributed by atoms with Crippen LogP contribution in [0.3, 0.4) is 0 Å². The molecule has 1 aromatic heterocycles. The Bertz CT molecular complexity index is 398. The third kappa shape index (κ3) is 1.89. The molecule has 0 bridgehead atoms. The Hall–Kier alpha value is -1.18. The number of aromatic nitrogens is 1. The Labute approximate surface area is 97.1 Å². The summed E-state index contributed by atoms with van der Waals surface area (Å²) in [6.45, 7) is 6.72. The lowest BCUT2D eigenvalue weighted by atomic mass is 9.76. The third-order valence-corrected chi connectivity index (χ3v) is 3.70. The molecular formula is C14H19NO. The fourth-order valence-electron chi connectivity index (χ4n) is 2.65. The van der Waals surface area contributed by atoms with Gasteiger partial charge < -0.3 is 0 Å². The van der Waals surface area contributed by atoms with E-state index < -0.39 is 0 Å². The van der Waals surface area contributed by atoms with E-state index in [0.717, 1.165) is 6.29 Å². The van der Waals surface area contributed by atoms with Crippen LogP contribution in [0.4, 0.5) is 0 Å². The van der Waals surface area contributed by atoms with Gasteiger partial charge in [-0.1, -0.05) is 26.8 Å². The molecule has 2 atom stereocenters. The molecule has 1 heterocycles. The predicted octanol–water partition coefficient (Wildman–Crippen LogP) is 3.53. The summed E-state index contributed by atoms with van der Waals surface area (Å²) < 4.78 is 0. The van der Waals surface area contributed by atoms with E-state index in [1.165, 1.54) is 24.1 Å². The number of hydrogen-bond donors (Lipinski definition) is 0. The Morgan fingerprint density at radius 3 is 2.75 bits per heavy atom. The van der Waals surface area contributed by atoms with E-state index >= 15 is 0 Å². The average Bonchev–Trinajstić information content (AvgIpc) is 2.28. The molecule has 0 fully saturated rings. The lowest BCUT2D eigenvalue weighted by Crippen LogP contribution is -2.19. The highest BCUT2D eigenvalue weighted by Crippen LogP contribution is 2.40. The summed E-state index contributed by atoms with van der Waals surface area (Å²) in [5, 5.41) is 0. The maximum absolute atomic E-state index is 10.8. The van der Waals surface area contributed by atoms with Gasteiger partial charge in [0.15, 0.2) is 6.29 Å². The fourth-order valence-corrected chi connectivity index (χ4v) is 2.65. The van der Waals surface area contributed by atoms with E-state index in [-0.39, 0.29) is 0 Å². The Kier molecular flexibility index (Phi) is 3.08. The van der Waals surface area contributed by atoms with Crippen molar-refractivity contribution in [2.24, 2.45) is 5.92 Å². The number of aldehydes is 1. The quantitative estimate of drug-likeness (QED) is 0.709. The molecule has 2 rings (SSSR count).